The number of fused-ring (bicyclic) bond motifs is 1. The third-order valence-corrected chi connectivity index (χ3v) is 7.82. The molecule has 0 saturated carbocycles. The standard InChI is InChI=1S/C26H30N4O4S/c1-3-27-26(32)30-16-14-19(15-17-30)29-35(33,34)24-13-12-22(20-9-5-6-10-21(20)24)25(31)28-23-11-7-4-8-18(23)2/h4-13,19,29H,3,14-17H2,1-2H3,(H,27,32)(H,28,31). The van der Waals surface area contributed by atoms with Gasteiger partial charge in [-0.05, 0) is 55.8 Å². The molecular formula is C26H30N4O4S. The summed E-state index contributed by atoms with van der Waals surface area (Å²) in [5.74, 6) is -0.301. The largest absolute Gasteiger partial charge is 0.338 e. The smallest absolute Gasteiger partial charge is 0.317 e. The van der Waals surface area contributed by atoms with Gasteiger partial charge in [0.2, 0.25) is 10.0 Å². The molecule has 0 atom stereocenters. The van der Waals surface area contributed by atoms with Crippen LogP contribution in [0, 0.1) is 6.92 Å². The number of rotatable bonds is 6. The van der Waals surface area contributed by atoms with Crippen molar-refractivity contribution >= 4 is 38.4 Å². The van der Waals surface area contributed by atoms with Gasteiger partial charge in [-0.3, -0.25) is 4.79 Å². The van der Waals surface area contributed by atoms with Crippen molar-refractivity contribution in [2.45, 2.75) is 37.6 Å². The number of nitrogens with zero attached hydrogens (tertiary/aromatic N) is 1. The van der Waals surface area contributed by atoms with Crippen LogP contribution in [-0.2, 0) is 10.0 Å². The van der Waals surface area contributed by atoms with Gasteiger partial charge in [-0.1, -0.05) is 42.5 Å². The maximum absolute atomic E-state index is 13.3. The Morgan fingerprint density at radius 1 is 0.943 bits per heavy atom. The third-order valence-electron chi connectivity index (χ3n) is 6.24. The number of urea groups is 1. The Hall–Kier alpha value is -3.43. The molecule has 3 aromatic rings. The summed E-state index contributed by atoms with van der Waals surface area (Å²) in [6.45, 7) is 5.30. The van der Waals surface area contributed by atoms with Crippen LogP contribution in [0.3, 0.4) is 0 Å². The normalized spacial score (nSPS) is 14.6. The molecule has 8 nitrogen and oxygen atoms in total. The molecule has 1 aliphatic rings. The summed E-state index contributed by atoms with van der Waals surface area (Å²) >= 11 is 0. The fraction of sp³-hybridized carbons (Fsp3) is 0.308. The lowest BCUT2D eigenvalue weighted by Crippen LogP contribution is -2.49. The summed E-state index contributed by atoms with van der Waals surface area (Å²) in [6.07, 6.45) is 1.07. The van der Waals surface area contributed by atoms with E-state index in [1.54, 1.807) is 35.2 Å². The van der Waals surface area contributed by atoms with Crippen molar-refractivity contribution in [2.24, 2.45) is 0 Å². The van der Waals surface area contributed by atoms with Crippen LogP contribution in [-0.4, -0.2) is 50.9 Å². The van der Waals surface area contributed by atoms with Gasteiger partial charge in [-0.2, -0.15) is 0 Å². The van der Waals surface area contributed by atoms with Crippen molar-refractivity contribution in [1.82, 2.24) is 14.9 Å². The van der Waals surface area contributed by atoms with E-state index in [0.717, 1.165) is 5.56 Å². The number of nitrogens with one attached hydrogen (secondary N) is 3. The van der Waals surface area contributed by atoms with Crippen LogP contribution in [0.5, 0.6) is 0 Å². The Balaban J connectivity index is 1.56. The first-order chi connectivity index (χ1) is 16.8. The molecule has 35 heavy (non-hydrogen) atoms. The summed E-state index contributed by atoms with van der Waals surface area (Å²) in [5, 5.41) is 6.74. The van der Waals surface area contributed by atoms with Crippen LogP contribution in [0.2, 0.25) is 0 Å². The molecule has 1 saturated heterocycles. The summed E-state index contributed by atoms with van der Waals surface area (Å²) in [7, 11) is -3.84. The third kappa shape index (κ3) is 5.47. The van der Waals surface area contributed by atoms with Gasteiger partial charge in [0.15, 0.2) is 0 Å². The van der Waals surface area contributed by atoms with Crippen LogP contribution in [0.4, 0.5) is 10.5 Å². The van der Waals surface area contributed by atoms with E-state index in [1.165, 1.54) is 6.07 Å². The SMILES string of the molecule is CCNC(=O)N1CCC(NS(=O)(=O)c2ccc(C(=O)Nc3ccccc3C)c3ccccc23)CC1. The number of piperidine rings is 1. The predicted octanol–water partition coefficient (Wildman–Crippen LogP) is 3.87. The van der Waals surface area contributed by atoms with Gasteiger partial charge in [-0.25, -0.2) is 17.9 Å². The Morgan fingerprint density at radius 3 is 2.29 bits per heavy atom. The molecule has 0 bridgehead atoms. The van der Waals surface area contributed by atoms with E-state index >= 15 is 0 Å². The zero-order valence-electron chi connectivity index (χ0n) is 19.9. The number of carbonyl (C=O) groups excluding carboxylic acids is 2. The maximum atomic E-state index is 13.3. The molecular weight excluding hydrogens is 464 g/mol. The van der Waals surface area contributed by atoms with E-state index < -0.39 is 10.0 Å². The van der Waals surface area contributed by atoms with E-state index in [0.29, 0.717) is 54.5 Å². The van der Waals surface area contributed by atoms with Gasteiger partial charge < -0.3 is 15.5 Å². The van der Waals surface area contributed by atoms with Crippen molar-refractivity contribution in [2.75, 3.05) is 25.0 Å². The number of likely N-dealkylation sites (tertiary alicyclic amines) is 1. The Morgan fingerprint density at radius 2 is 1.60 bits per heavy atom. The molecule has 1 fully saturated rings. The second kappa shape index (κ2) is 10.5. The highest BCUT2D eigenvalue weighted by Crippen LogP contribution is 2.28. The van der Waals surface area contributed by atoms with Gasteiger partial charge in [0, 0.05) is 42.3 Å². The fourth-order valence-corrected chi connectivity index (χ4v) is 5.87. The summed E-state index contributed by atoms with van der Waals surface area (Å²) < 4.78 is 29.5. The van der Waals surface area contributed by atoms with Crippen LogP contribution in [0.15, 0.2) is 65.6 Å². The quantitative estimate of drug-likeness (QED) is 0.483. The minimum atomic E-state index is -3.84. The Bertz CT molecular complexity index is 1350. The second-order valence-electron chi connectivity index (χ2n) is 8.64. The first kappa shape index (κ1) is 24.7. The summed E-state index contributed by atoms with van der Waals surface area (Å²) in [5.41, 5.74) is 2.05. The van der Waals surface area contributed by atoms with Crippen molar-refractivity contribution in [3.05, 3.63) is 71.8 Å². The van der Waals surface area contributed by atoms with Gasteiger partial charge in [0.25, 0.3) is 5.91 Å². The molecule has 9 heteroatoms. The zero-order chi connectivity index (χ0) is 25.0. The number of amides is 3. The summed E-state index contributed by atoms with van der Waals surface area (Å²) in [6, 6.07) is 17.2. The Labute approximate surface area is 205 Å². The number of hydrogen-bond donors (Lipinski definition) is 3. The maximum Gasteiger partial charge on any atom is 0.317 e. The zero-order valence-corrected chi connectivity index (χ0v) is 20.7. The van der Waals surface area contributed by atoms with Gasteiger partial charge in [0.05, 0.1) is 4.90 Å². The highest BCUT2D eigenvalue weighted by atomic mass is 32.2. The minimum Gasteiger partial charge on any atom is -0.338 e. The van der Waals surface area contributed by atoms with E-state index in [4.69, 9.17) is 0 Å². The molecule has 3 N–H and O–H groups in total. The van der Waals surface area contributed by atoms with E-state index in [9.17, 15) is 18.0 Å². The molecule has 1 heterocycles. The molecule has 0 unspecified atom stereocenters. The fourth-order valence-electron chi connectivity index (χ4n) is 4.35. The van der Waals surface area contributed by atoms with Crippen LogP contribution in [0.1, 0.15) is 35.7 Å². The monoisotopic (exact) mass is 494 g/mol. The van der Waals surface area contributed by atoms with Gasteiger partial charge >= 0.3 is 6.03 Å². The lowest BCUT2D eigenvalue weighted by atomic mass is 10.0. The van der Waals surface area contributed by atoms with Crippen molar-refractivity contribution in [3.63, 3.8) is 0 Å². The lowest BCUT2D eigenvalue weighted by molar-refractivity contribution is 0.102. The van der Waals surface area contributed by atoms with E-state index in [2.05, 4.69) is 15.4 Å². The molecule has 0 spiro atoms. The predicted molar refractivity (Wildman–Crippen MR) is 137 cm³/mol. The number of benzene rings is 3. The number of para-hydroxylation sites is 1. The van der Waals surface area contributed by atoms with Crippen molar-refractivity contribution in [1.29, 1.82) is 0 Å². The van der Waals surface area contributed by atoms with Crippen LogP contribution in [0.25, 0.3) is 10.8 Å². The Kier molecular flexibility index (Phi) is 7.37. The molecule has 3 aromatic carbocycles. The number of hydrogen-bond acceptors (Lipinski definition) is 4. The lowest BCUT2D eigenvalue weighted by Gasteiger charge is -2.32. The number of anilines is 1. The highest BCUT2D eigenvalue weighted by molar-refractivity contribution is 7.89. The van der Waals surface area contributed by atoms with Gasteiger partial charge in [-0.15, -0.1) is 0 Å². The average molecular weight is 495 g/mol. The van der Waals surface area contributed by atoms with Crippen molar-refractivity contribution in [3.8, 4) is 0 Å². The summed E-state index contributed by atoms with van der Waals surface area (Å²) in [4.78, 5) is 26.9. The number of carbonyl (C=O) groups is 2. The first-order valence-corrected chi connectivity index (χ1v) is 13.2. The number of sulfonamides is 1. The highest BCUT2D eigenvalue weighted by Gasteiger charge is 2.28. The van der Waals surface area contributed by atoms with Crippen LogP contribution >= 0.6 is 0 Å². The average Bonchev–Trinajstić information content (AvgIpc) is 2.85. The molecule has 0 aliphatic carbocycles. The molecule has 0 aromatic heterocycles. The molecule has 3 amide bonds. The van der Waals surface area contributed by atoms with E-state index in [1.807, 2.05) is 38.1 Å². The van der Waals surface area contributed by atoms with Crippen LogP contribution < -0.4 is 15.4 Å². The second-order valence-corrected chi connectivity index (χ2v) is 10.3. The molecule has 184 valence electrons. The first-order valence-electron chi connectivity index (χ1n) is 11.7. The van der Waals surface area contributed by atoms with Crippen molar-refractivity contribution < 1.29 is 18.0 Å². The molecule has 4 rings (SSSR count). The number of aryl methyl sites for hydroxylation is 1. The topological polar surface area (TPSA) is 108 Å². The minimum absolute atomic E-state index is 0.126. The van der Waals surface area contributed by atoms with Gasteiger partial charge in [0.1, 0.15) is 0 Å². The molecule has 0 radical (unpaired) electrons. The van der Waals surface area contributed by atoms with E-state index in [-0.39, 0.29) is 22.9 Å². The molecule has 1 aliphatic heterocycles.